The van der Waals surface area contributed by atoms with E-state index < -0.39 is 0 Å². The Morgan fingerprint density at radius 2 is 2.14 bits per heavy atom. The van der Waals surface area contributed by atoms with Gasteiger partial charge in [-0.3, -0.25) is 0 Å². The molecule has 2 aromatic rings. The number of para-hydroxylation sites is 1. The second-order valence-electron chi connectivity index (χ2n) is 6.16. The highest BCUT2D eigenvalue weighted by Gasteiger charge is 2.27. The van der Waals surface area contributed by atoms with Crippen molar-refractivity contribution in [2.75, 3.05) is 18.0 Å². The smallest absolute Gasteiger partial charge is 0.139 e. The highest BCUT2D eigenvalue weighted by atomic mass is 32.1. The van der Waals surface area contributed by atoms with Crippen molar-refractivity contribution < 1.29 is 0 Å². The zero-order valence-corrected chi connectivity index (χ0v) is 13.4. The summed E-state index contributed by atoms with van der Waals surface area (Å²) in [6.07, 6.45) is 1.21. The van der Waals surface area contributed by atoms with Crippen molar-refractivity contribution in [2.45, 2.75) is 20.3 Å². The normalized spacial score (nSPS) is 18.6. The molecule has 21 heavy (non-hydrogen) atoms. The van der Waals surface area contributed by atoms with E-state index in [0.29, 0.717) is 10.9 Å². The minimum atomic E-state index is 0.427. The minimum Gasteiger partial charge on any atom is -0.389 e. The van der Waals surface area contributed by atoms with Gasteiger partial charge >= 0.3 is 0 Å². The number of hydrogen-bond donors (Lipinski definition) is 1. The van der Waals surface area contributed by atoms with E-state index in [1.807, 2.05) is 18.2 Å². The van der Waals surface area contributed by atoms with Crippen LogP contribution >= 0.6 is 12.2 Å². The molecule has 1 aliphatic rings. The van der Waals surface area contributed by atoms with E-state index in [9.17, 15) is 0 Å². The average Bonchev–Trinajstić information content (AvgIpc) is 2.95. The maximum Gasteiger partial charge on any atom is 0.139 e. The zero-order valence-electron chi connectivity index (χ0n) is 12.5. The van der Waals surface area contributed by atoms with E-state index in [4.69, 9.17) is 22.9 Å². The van der Waals surface area contributed by atoms with Gasteiger partial charge in [0.15, 0.2) is 0 Å². The first-order valence-corrected chi connectivity index (χ1v) is 7.91. The van der Waals surface area contributed by atoms with Gasteiger partial charge in [0.2, 0.25) is 0 Å². The molecule has 0 bridgehead atoms. The number of pyridine rings is 1. The summed E-state index contributed by atoms with van der Waals surface area (Å²) in [5.74, 6) is 2.37. The van der Waals surface area contributed by atoms with Crippen LogP contribution in [0.2, 0.25) is 0 Å². The highest BCUT2D eigenvalue weighted by molar-refractivity contribution is 7.80. The summed E-state index contributed by atoms with van der Waals surface area (Å²) in [5.41, 5.74) is 7.83. The number of rotatable bonds is 3. The molecule has 0 aliphatic carbocycles. The maximum absolute atomic E-state index is 5.93. The van der Waals surface area contributed by atoms with Crippen molar-refractivity contribution in [3.05, 3.63) is 35.9 Å². The van der Waals surface area contributed by atoms with Crippen LogP contribution in [0.4, 0.5) is 5.82 Å². The molecule has 3 rings (SSSR count). The highest BCUT2D eigenvalue weighted by Crippen LogP contribution is 2.31. The van der Waals surface area contributed by atoms with Crippen molar-refractivity contribution in [3.8, 4) is 0 Å². The largest absolute Gasteiger partial charge is 0.389 e. The molecule has 3 nitrogen and oxygen atoms in total. The molecule has 4 heteroatoms. The standard InChI is InChI=1S/C17H21N3S/c1-11(2)13-7-8-20(10-13)17-14(16(18)21)9-12-5-3-4-6-15(12)19-17/h3-6,9,11,13H,7-8,10H2,1-2H3,(H2,18,21). The van der Waals surface area contributed by atoms with Crippen molar-refractivity contribution in [3.63, 3.8) is 0 Å². The number of anilines is 1. The predicted molar refractivity (Wildman–Crippen MR) is 92.8 cm³/mol. The Kier molecular flexibility index (Phi) is 3.81. The lowest BCUT2D eigenvalue weighted by Gasteiger charge is -2.22. The molecule has 1 unspecified atom stereocenters. The molecule has 1 aromatic heterocycles. The molecule has 1 aliphatic heterocycles. The topological polar surface area (TPSA) is 42.2 Å². The van der Waals surface area contributed by atoms with Crippen LogP contribution in [0.5, 0.6) is 0 Å². The summed E-state index contributed by atoms with van der Waals surface area (Å²) >= 11 is 5.24. The Labute approximate surface area is 131 Å². The van der Waals surface area contributed by atoms with Crippen LogP contribution in [0.1, 0.15) is 25.8 Å². The van der Waals surface area contributed by atoms with Gasteiger partial charge in [0.25, 0.3) is 0 Å². The van der Waals surface area contributed by atoms with E-state index in [-0.39, 0.29) is 0 Å². The van der Waals surface area contributed by atoms with Crippen LogP contribution in [0.25, 0.3) is 10.9 Å². The van der Waals surface area contributed by atoms with Gasteiger partial charge in [0, 0.05) is 18.5 Å². The summed E-state index contributed by atoms with van der Waals surface area (Å²) in [7, 11) is 0. The van der Waals surface area contributed by atoms with Gasteiger partial charge in [-0.05, 0) is 30.4 Å². The second-order valence-corrected chi connectivity index (χ2v) is 6.60. The fourth-order valence-electron chi connectivity index (χ4n) is 3.05. The molecular formula is C17H21N3S. The van der Waals surface area contributed by atoms with E-state index >= 15 is 0 Å². The molecule has 1 saturated heterocycles. The predicted octanol–water partition coefficient (Wildman–Crippen LogP) is 3.35. The fourth-order valence-corrected chi connectivity index (χ4v) is 3.20. The Morgan fingerprint density at radius 3 is 2.81 bits per heavy atom. The number of nitrogens with zero attached hydrogens (tertiary/aromatic N) is 2. The van der Waals surface area contributed by atoms with Gasteiger partial charge in [-0.1, -0.05) is 44.3 Å². The number of hydrogen-bond acceptors (Lipinski definition) is 3. The van der Waals surface area contributed by atoms with Crippen molar-refractivity contribution >= 4 is 33.9 Å². The van der Waals surface area contributed by atoms with Crippen LogP contribution in [-0.4, -0.2) is 23.1 Å². The number of thiocarbonyl (C=S) groups is 1. The Morgan fingerprint density at radius 1 is 1.38 bits per heavy atom. The summed E-state index contributed by atoms with van der Waals surface area (Å²) < 4.78 is 0. The van der Waals surface area contributed by atoms with Crippen LogP contribution in [0.3, 0.4) is 0 Å². The number of benzene rings is 1. The Balaban J connectivity index is 2.04. The molecule has 2 N–H and O–H groups in total. The quantitative estimate of drug-likeness (QED) is 0.883. The average molecular weight is 299 g/mol. The molecular weight excluding hydrogens is 278 g/mol. The molecule has 0 amide bonds. The molecule has 0 spiro atoms. The van der Waals surface area contributed by atoms with Gasteiger partial charge in [0.1, 0.15) is 10.8 Å². The summed E-state index contributed by atoms with van der Waals surface area (Å²) in [6, 6.07) is 10.2. The lowest BCUT2D eigenvalue weighted by Crippen LogP contribution is -2.26. The maximum atomic E-state index is 5.93. The first-order valence-electron chi connectivity index (χ1n) is 7.51. The van der Waals surface area contributed by atoms with Crippen molar-refractivity contribution in [2.24, 2.45) is 17.6 Å². The minimum absolute atomic E-state index is 0.427. The first kappa shape index (κ1) is 14.3. The van der Waals surface area contributed by atoms with E-state index in [1.54, 1.807) is 0 Å². The zero-order chi connectivity index (χ0) is 15.0. The first-order chi connectivity index (χ1) is 10.1. The lowest BCUT2D eigenvalue weighted by molar-refractivity contribution is 0.422. The summed E-state index contributed by atoms with van der Waals surface area (Å²) in [4.78, 5) is 7.60. The van der Waals surface area contributed by atoms with Gasteiger partial charge in [-0.2, -0.15) is 0 Å². The third-order valence-corrected chi connectivity index (χ3v) is 4.66. The molecule has 1 fully saturated rings. The SMILES string of the molecule is CC(C)C1CCN(c2nc3ccccc3cc2C(N)=S)C1. The van der Waals surface area contributed by atoms with Crippen LogP contribution in [0.15, 0.2) is 30.3 Å². The van der Waals surface area contributed by atoms with Gasteiger partial charge < -0.3 is 10.6 Å². The van der Waals surface area contributed by atoms with Crippen LogP contribution in [-0.2, 0) is 0 Å². The van der Waals surface area contributed by atoms with E-state index in [1.165, 1.54) is 6.42 Å². The van der Waals surface area contributed by atoms with Crippen molar-refractivity contribution in [1.29, 1.82) is 0 Å². The van der Waals surface area contributed by atoms with Crippen molar-refractivity contribution in [1.82, 2.24) is 4.98 Å². The van der Waals surface area contributed by atoms with Gasteiger partial charge in [0.05, 0.1) is 11.1 Å². The lowest BCUT2D eigenvalue weighted by atomic mass is 9.95. The van der Waals surface area contributed by atoms with Gasteiger partial charge in [-0.15, -0.1) is 0 Å². The molecule has 1 atom stereocenters. The monoisotopic (exact) mass is 299 g/mol. The third kappa shape index (κ3) is 2.72. The van der Waals surface area contributed by atoms with Crippen LogP contribution in [0, 0.1) is 11.8 Å². The third-order valence-electron chi connectivity index (χ3n) is 4.44. The molecule has 2 heterocycles. The number of aromatic nitrogens is 1. The van der Waals surface area contributed by atoms with Gasteiger partial charge in [-0.25, -0.2) is 4.98 Å². The Hall–Kier alpha value is -1.68. The van der Waals surface area contributed by atoms with Crippen LogP contribution < -0.4 is 10.6 Å². The van der Waals surface area contributed by atoms with E-state index in [0.717, 1.165) is 41.3 Å². The Bertz CT molecular complexity index is 681. The number of fused-ring (bicyclic) bond motifs is 1. The molecule has 110 valence electrons. The number of nitrogens with two attached hydrogens (primary N) is 1. The molecule has 1 aromatic carbocycles. The molecule has 0 radical (unpaired) electrons. The summed E-state index contributed by atoms with van der Waals surface area (Å²) in [5, 5.41) is 1.09. The second kappa shape index (κ2) is 5.60. The fraction of sp³-hybridized carbons (Fsp3) is 0.412. The van der Waals surface area contributed by atoms with E-state index in [2.05, 4.69) is 30.9 Å². The molecule has 0 saturated carbocycles. The summed E-state index contributed by atoms with van der Waals surface area (Å²) in [6.45, 7) is 6.65.